The summed E-state index contributed by atoms with van der Waals surface area (Å²) in [5.74, 6) is 0.694. The summed E-state index contributed by atoms with van der Waals surface area (Å²) in [4.78, 5) is 18.3. The highest BCUT2D eigenvalue weighted by Crippen LogP contribution is 2.43. The van der Waals surface area contributed by atoms with Crippen molar-refractivity contribution in [1.82, 2.24) is 9.97 Å². The third-order valence-electron chi connectivity index (χ3n) is 3.08. The van der Waals surface area contributed by atoms with Gasteiger partial charge in [0.15, 0.2) is 0 Å². The normalized spacial score (nSPS) is 14.7. The molecule has 0 amide bonds. The molecule has 1 fully saturated rings. The molecule has 4 nitrogen and oxygen atoms in total. The van der Waals surface area contributed by atoms with Crippen LogP contribution in [0.1, 0.15) is 24.3 Å². The summed E-state index contributed by atoms with van der Waals surface area (Å²) >= 11 is 2.99. The second kappa shape index (κ2) is 4.24. The number of hydrogen-bond donors (Lipinski definition) is 2. The largest absolute Gasteiger partial charge is 0.492 e. The molecule has 1 aromatic carbocycles. The van der Waals surface area contributed by atoms with E-state index in [-0.39, 0.29) is 15.9 Å². The monoisotopic (exact) mass is 306 g/mol. The molecule has 0 spiro atoms. The molecule has 1 aromatic heterocycles. The Kier molecular flexibility index (Phi) is 2.70. The molecular formula is C13H11BrN2O2. The predicted molar refractivity (Wildman–Crippen MR) is 71.6 cm³/mol. The zero-order valence-electron chi connectivity index (χ0n) is 9.48. The Morgan fingerprint density at radius 1 is 1.33 bits per heavy atom. The highest BCUT2D eigenvalue weighted by atomic mass is 79.9. The molecule has 2 N–H and O–H groups in total. The zero-order chi connectivity index (χ0) is 12.7. The van der Waals surface area contributed by atoms with Crippen LogP contribution in [0.4, 0.5) is 0 Å². The Balaban J connectivity index is 2.18. The second-order valence-electron chi connectivity index (χ2n) is 4.41. The van der Waals surface area contributed by atoms with Gasteiger partial charge in [-0.15, -0.1) is 0 Å². The van der Waals surface area contributed by atoms with Crippen molar-refractivity contribution in [2.24, 2.45) is 0 Å². The number of H-pyrrole nitrogens is 1. The average molecular weight is 307 g/mol. The maximum absolute atomic E-state index is 11.6. The molecular weight excluding hydrogens is 296 g/mol. The highest BCUT2D eigenvalue weighted by molar-refractivity contribution is 9.10. The quantitative estimate of drug-likeness (QED) is 0.896. The van der Waals surface area contributed by atoms with Crippen LogP contribution in [0.25, 0.3) is 11.4 Å². The maximum atomic E-state index is 11.6. The van der Waals surface area contributed by atoms with E-state index in [1.165, 1.54) is 18.4 Å². The van der Waals surface area contributed by atoms with Gasteiger partial charge in [0.25, 0.3) is 5.56 Å². The molecule has 1 aliphatic rings. The van der Waals surface area contributed by atoms with Gasteiger partial charge >= 0.3 is 0 Å². The number of halogens is 1. The molecule has 1 heterocycles. The van der Waals surface area contributed by atoms with Gasteiger partial charge in [0.2, 0.25) is 5.88 Å². The summed E-state index contributed by atoms with van der Waals surface area (Å²) in [7, 11) is 0. The molecule has 5 heteroatoms. The number of hydrogen-bond acceptors (Lipinski definition) is 3. The molecule has 0 saturated heterocycles. The Labute approximate surface area is 112 Å². The van der Waals surface area contributed by atoms with Crippen LogP contribution in [0.2, 0.25) is 0 Å². The summed E-state index contributed by atoms with van der Waals surface area (Å²) in [5, 5.41) is 9.61. The number of aromatic nitrogens is 2. The minimum Gasteiger partial charge on any atom is -0.492 e. The van der Waals surface area contributed by atoms with E-state index in [9.17, 15) is 9.90 Å². The maximum Gasteiger partial charge on any atom is 0.269 e. The van der Waals surface area contributed by atoms with E-state index in [4.69, 9.17) is 0 Å². The lowest BCUT2D eigenvalue weighted by molar-refractivity contribution is 0.448. The first-order valence-electron chi connectivity index (χ1n) is 5.75. The summed E-state index contributed by atoms with van der Waals surface area (Å²) < 4.78 is 0.0650. The summed E-state index contributed by atoms with van der Waals surface area (Å²) in [6, 6.07) is 7.85. The fraction of sp³-hybridized carbons (Fsp3) is 0.231. The fourth-order valence-corrected chi connectivity index (χ4v) is 2.23. The van der Waals surface area contributed by atoms with Crippen molar-refractivity contribution in [3.63, 3.8) is 0 Å². The number of aromatic amines is 1. The van der Waals surface area contributed by atoms with Gasteiger partial charge in [0, 0.05) is 5.56 Å². The van der Waals surface area contributed by atoms with Crippen molar-refractivity contribution in [2.75, 3.05) is 0 Å². The summed E-state index contributed by atoms with van der Waals surface area (Å²) in [6.07, 6.45) is 2.34. The molecule has 18 heavy (non-hydrogen) atoms. The van der Waals surface area contributed by atoms with E-state index >= 15 is 0 Å². The van der Waals surface area contributed by atoms with Crippen LogP contribution in [0, 0.1) is 0 Å². The predicted octanol–water partition coefficient (Wildman–Crippen LogP) is 2.78. The first-order valence-corrected chi connectivity index (χ1v) is 6.54. The van der Waals surface area contributed by atoms with Crippen molar-refractivity contribution < 1.29 is 5.11 Å². The van der Waals surface area contributed by atoms with E-state index in [1.54, 1.807) is 0 Å². The van der Waals surface area contributed by atoms with Crippen LogP contribution >= 0.6 is 15.9 Å². The summed E-state index contributed by atoms with van der Waals surface area (Å²) in [6.45, 7) is 0. The van der Waals surface area contributed by atoms with Crippen LogP contribution in [0.15, 0.2) is 33.5 Å². The van der Waals surface area contributed by atoms with Crippen LogP contribution < -0.4 is 5.56 Å². The smallest absolute Gasteiger partial charge is 0.269 e. The van der Waals surface area contributed by atoms with Gasteiger partial charge < -0.3 is 10.1 Å². The van der Waals surface area contributed by atoms with Crippen molar-refractivity contribution >= 4 is 15.9 Å². The number of rotatable bonds is 2. The van der Waals surface area contributed by atoms with Crippen LogP contribution in [-0.2, 0) is 0 Å². The molecule has 1 saturated carbocycles. The number of benzene rings is 1. The summed E-state index contributed by atoms with van der Waals surface area (Å²) in [5.41, 5.74) is 1.70. The van der Waals surface area contributed by atoms with Gasteiger partial charge in [0.1, 0.15) is 10.3 Å². The van der Waals surface area contributed by atoms with Gasteiger partial charge in [-0.25, -0.2) is 0 Å². The highest BCUT2D eigenvalue weighted by Gasteiger charge is 2.26. The van der Waals surface area contributed by atoms with Gasteiger partial charge in [-0.1, -0.05) is 24.3 Å². The molecule has 3 rings (SSSR count). The Morgan fingerprint density at radius 3 is 2.72 bits per heavy atom. The van der Waals surface area contributed by atoms with Gasteiger partial charge in [-0.2, -0.15) is 4.98 Å². The van der Waals surface area contributed by atoms with Gasteiger partial charge in [0.05, 0.1) is 0 Å². The molecule has 1 aliphatic carbocycles. The van der Waals surface area contributed by atoms with E-state index in [2.05, 4.69) is 25.9 Å². The minimum atomic E-state index is -0.372. The Bertz CT molecular complexity index is 662. The average Bonchev–Trinajstić information content (AvgIpc) is 3.19. The molecule has 0 radical (unpaired) electrons. The van der Waals surface area contributed by atoms with Gasteiger partial charge in [-0.3, -0.25) is 4.79 Å². The van der Waals surface area contributed by atoms with Crippen molar-refractivity contribution in [1.29, 1.82) is 0 Å². The topological polar surface area (TPSA) is 66.0 Å². The van der Waals surface area contributed by atoms with Gasteiger partial charge in [-0.05, 0) is 40.3 Å². The SMILES string of the molecule is O=c1[nH]c(-c2ccccc2C2CC2)nc(O)c1Br. The number of aromatic hydroxyl groups is 1. The molecule has 92 valence electrons. The number of nitrogens with zero attached hydrogens (tertiary/aromatic N) is 1. The molecule has 0 atom stereocenters. The van der Waals surface area contributed by atoms with E-state index < -0.39 is 0 Å². The van der Waals surface area contributed by atoms with E-state index in [0.29, 0.717) is 11.7 Å². The van der Waals surface area contributed by atoms with Crippen LogP contribution in [0.3, 0.4) is 0 Å². The van der Waals surface area contributed by atoms with E-state index in [1.807, 2.05) is 24.3 Å². The van der Waals surface area contributed by atoms with Crippen molar-refractivity contribution in [2.45, 2.75) is 18.8 Å². The lowest BCUT2D eigenvalue weighted by Gasteiger charge is -2.08. The lowest BCUT2D eigenvalue weighted by Crippen LogP contribution is -2.10. The van der Waals surface area contributed by atoms with Crippen LogP contribution in [-0.4, -0.2) is 15.1 Å². The molecule has 0 aliphatic heterocycles. The van der Waals surface area contributed by atoms with Crippen molar-refractivity contribution in [3.05, 3.63) is 44.7 Å². The third-order valence-corrected chi connectivity index (χ3v) is 3.79. The lowest BCUT2D eigenvalue weighted by atomic mass is 10.0. The minimum absolute atomic E-state index is 0.0650. The second-order valence-corrected chi connectivity index (χ2v) is 5.21. The van der Waals surface area contributed by atoms with Crippen molar-refractivity contribution in [3.8, 4) is 17.3 Å². The number of nitrogens with one attached hydrogen (secondary N) is 1. The third kappa shape index (κ3) is 1.95. The standard InChI is InChI=1S/C13H11BrN2O2/c14-10-12(17)15-11(16-13(10)18)9-4-2-1-3-8(9)7-5-6-7/h1-4,7H,5-6H2,(H2,15,16,17,18). The molecule has 0 bridgehead atoms. The first kappa shape index (κ1) is 11.5. The Morgan fingerprint density at radius 2 is 2.06 bits per heavy atom. The van der Waals surface area contributed by atoms with E-state index in [0.717, 1.165) is 5.56 Å². The van der Waals surface area contributed by atoms with Crippen LogP contribution in [0.5, 0.6) is 5.88 Å². The molecule has 2 aromatic rings. The zero-order valence-corrected chi connectivity index (χ0v) is 11.1. The first-order chi connectivity index (χ1) is 8.66. The molecule has 0 unspecified atom stereocenters. The Hall–Kier alpha value is -1.62. The fourth-order valence-electron chi connectivity index (χ4n) is 2.04.